The number of hydrogen-bond acceptors (Lipinski definition) is 8. The standard InChI is InChI=1S/C14H18N10O/c25-14(10-8-16-20-13(10)24-9-17-21-22-24)15-6-3-5-12-19-18-11-4-1-2-7-23(11)12/h1-2,4,7,9-10,13,16,20H,3,5-6,8H2,(H,15,25). The van der Waals surface area contributed by atoms with Crippen LogP contribution in [0.15, 0.2) is 30.7 Å². The quantitative estimate of drug-likeness (QED) is 0.471. The second-order valence-electron chi connectivity index (χ2n) is 5.81. The van der Waals surface area contributed by atoms with Gasteiger partial charge >= 0.3 is 0 Å². The summed E-state index contributed by atoms with van der Waals surface area (Å²) in [6.45, 7) is 1.09. The second-order valence-corrected chi connectivity index (χ2v) is 5.81. The molecule has 11 nitrogen and oxygen atoms in total. The van der Waals surface area contributed by atoms with E-state index >= 15 is 0 Å². The van der Waals surface area contributed by atoms with Gasteiger partial charge in [-0.25, -0.2) is 10.1 Å². The zero-order valence-corrected chi connectivity index (χ0v) is 13.4. The summed E-state index contributed by atoms with van der Waals surface area (Å²) in [5, 5.41) is 22.3. The van der Waals surface area contributed by atoms with Gasteiger partial charge in [-0.1, -0.05) is 6.07 Å². The Morgan fingerprint density at radius 2 is 2.32 bits per heavy atom. The van der Waals surface area contributed by atoms with Crippen molar-refractivity contribution in [2.75, 3.05) is 13.1 Å². The fraction of sp³-hybridized carbons (Fsp3) is 0.429. The summed E-state index contributed by atoms with van der Waals surface area (Å²) in [4.78, 5) is 12.4. The van der Waals surface area contributed by atoms with Crippen molar-refractivity contribution in [3.05, 3.63) is 36.5 Å². The molecule has 4 rings (SSSR count). The zero-order valence-electron chi connectivity index (χ0n) is 13.4. The minimum atomic E-state index is -0.296. The summed E-state index contributed by atoms with van der Waals surface area (Å²) < 4.78 is 3.49. The monoisotopic (exact) mass is 342 g/mol. The van der Waals surface area contributed by atoms with Gasteiger partial charge in [0.15, 0.2) is 5.65 Å². The van der Waals surface area contributed by atoms with E-state index in [4.69, 9.17) is 0 Å². The molecule has 3 aromatic rings. The molecule has 1 fully saturated rings. The molecule has 1 amide bonds. The number of carbonyl (C=O) groups is 1. The highest BCUT2D eigenvalue weighted by atomic mass is 16.2. The van der Waals surface area contributed by atoms with Gasteiger partial charge in [0.1, 0.15) is 18.3 Å². The lowest BCUT2D eigenvalue weighted by Crippen LogP contribution is -2.38. The third-order valence-electron chi connectivity index (χ3n) is 4.20. The smallest absolute Gasteiger partial charge is 0.228 e. The Hall–Kier alpha value is -2.92. The number of rotatable bonds is 6. The predicted molar refractivity (Wildman–Crippen MR) is 85.8 cm³/mol. The maximum absolute atomic E-state index is 12.4. The number of tetrazole rings is 1. The maximum atomic E-state index is 12.4. The number of pyridine rings is 1. The van der Waals surface area contributed by atoms with Crippen molar-refractivity contribution in [2.45, 2.75) is 19.0 Å². The molecule has 1 aliphatic heterocycles. The van der Waals surface area contributed by atoms with E-state index in [0.29, 0.717) is 13.1 Å². The average molecular weight is 342 g/mol. The highest BCUT2D eigenvalue weighted by molar-refractivity contribution is 5.79. The molecule has 0 saturated carbocycles. The second kappa shape index (κ2) is 6.91. The van der Waals surface area contributed by atoms with Crippen LogP contribution >= 0.6 is 0 Å². The van der Waals surface area contributed by atoms with E-state index in [0.717, 1.165) is 24.3 Å². The molecule has 0 spiro atoms. The molecular weight excluding hydrogens is 324 g/mol. The van der Waals surface area contributed by atoms with Gasteiger partial charge in [0.25, 0.3) is 0 Å². The molecule has 0 aliphatic carbocycles. The van der Waals surface area contributed by atoms with E-state index in [9.17, 15) is 4.79 Å². The van der Waals surface area contributed by atoms with E-state index in [1.165, 1.54) is 11.0 Å². The van der Waals surface area contributed by atoms with E-state index in [-0.39, 0.29) is 18.0 Å². The Morgan fingerprint density at radius 3 is 3.20 bits per heavy atom. The van der Waals surface area contributed by atoms with E-state index < -0.39 is 0 Å². The van der Waals surface area contributed by atoms with Crippen LogP contribution in [0.2, 0.25) is 0 Å². The Morgan fingerprint density at radius 1 is 1.36 bits per heavy atom. The zero-order chi connectivity index (χ0) is 17.1. The van der Waals surface area contributed by atoms with E-state index in [1.807, 2.05) is 28.8 Å². The molecule has 1 saturated heterocycles. The molecule has 2 unspecified atom stereocenters. The molecular formula is C14H18N10O. The lowest BCUT2D eigenvalue weighted by molar-refractivity contribution is -0.125. The van der Waals surface area contributed by atoms with Crippen LogP contribution in [-0.2, 0) is 11.2 Å². The summed E-state index contributed by atoms with van der Waals surface area (Å²) >= 11 is 0. The Bertz CT molecular complexity index is 844. The van der Waals surface area contributed by atoms with Gasteiger partial charge in [0, 0.05) is 25.7 Å². The van der Waals surface area contributed by atoms with E-state index in [2.05, 4.69) is 41.9 Å². The third kappa shape index (κ3) is 3.19. The molecule has 3 aromatic heterocycles. The lowest BCUT2D eigenvalue weighted by Gasteiger charge is -2.17. The first-order chi connectivity index (χ1) is 12.3. The maximum Gasteiger partial charge on any atom is 0.228 e. The van der Waals surface area contributed by atoms with Gasteiger partial charge in [-0.2, -0.15) is 0 Å². The van der Waals surface area contributed by atoms with Crippen LogP contribution in [0.4, 0.5) is 0 Å². The first-order valence-corrected chi connectivity index (χ1v) is 8.10. The lowest BCUT2D eigenvalue weighted by atomic mass is 10.1. The Labute approximate surface area is 142 Å². The largest absolute Gasteiger partial charge is 0.356 e. The van der Waals surface area contributed by atoms with Crippen LogP contribution < -0.4 is 16.2 Å². The van der Waals surface area contributed by atoms with Gasteiger partial charge in [0.05, 0.1) is 5.92 Å². The molecule has 130 valence electrons. The number of nitrogens with one attached hydrogen (secondary N) is 3. The molecule has 0 radical (unpaired) electrons. The normalized spacial score (nSPS) is 20.2. The molecule has 11 heteroatoms. The fourth-order valence-electron chi connectivity index (χ4n) is 2.92. The molecule has 0 aromatic carbocycles. The predicted octanol–water partition coefficient (Wildman–Crippen LogP) is -1.31. The summed E-state index contributed by atoms with van der Waals surface area (Å²) in [7, 11) is 0. The summed E-state index contributed by atoms with van der Waals surface area (Å²) in [6.07, 6.45) is 4.65. The number of fused-ring (bicyclic) bond motifs is 1. The number of hydrazine groups is 1. The van der Waals surface area contributed by atoms with Crippen molar-refractivity contribution < 1.29 is 4.79 Å². The fourth-order valence-corrected chi connectivity index (χ4v) is 2.92. The minimum absolute atomic E-state index is 0.0379. The van der Waals surface area contributed by atoms with Crippen LogP contribution in [0.5, 0.6) is 0 Å². The highest BCUT2D eigenvalue weighted by Crippen LogP contribution is 2.17. The summed E-state index contributed by atoms with van der Waals surface area (Å²) in [6, 6.07) is 5.79. The number of carbonyl (C=O) groups excluding carboxylic acids is 1. The summed E-state index contributed by atoms with van der Waals surface area (Å²) in [5.74, 6) is 0.571. The average Bonchev–Trinajstić information content (AvgIpc) is 3.38. The van der Waals surface area contributed by atoms with E-state index in [1.54, 1.807) is 0 Å². The number of amides is 1. The van der Waals surface area contributed by atoms with Crippen LogP contribution in [0.1, 0.15) is 18.4 Å². The molecule has 1 aliphatic rings. The topological polar surface area (TPSA) is 127 Å². The first kappa shape index (κ1) is 15.6. The van der Waals surface area contributed by atoms with Crippen molar-refractivity contribution in [3.63, 3.8) is 0 Å². The third-order valence-corrected chi connectivity index (χ3v) is 4.20. The van der Waals surface area contributed by atoms with Gasteiger partial charge in [0.2, 0.25) is 5.91 Å². The Balaban J connectivity index is 1.29. The molecule has 4 heterocycles. The molecule has 0 bridgehead atoms. The molecule has 25 heavy (non-hydrogen) atoms. The number of aromatic nitrogens is 7. The van der Waals surface area contributed by atoms with Crippen LogP contribution in [-0.4, -0.2) is 53.8 Å². The van der Waals surface area contributed by atoms with Gasteiger partial charge in [-0.3, -0.25) is 14.6 Å². The van der Waals surface area contributed by atoms with Crippen molar-refractivity contribution >= 4 is 11.6 Å². The van der Waals surface area contributed by atoms with Gasteiger partial charge in [-0.15, -0.1) is 15.3 Å². The van der Waals surface area contributed by atoms with Gasteiger partial charge < -0.3 is 5.32 Å². The highest BCUT2D eigenvalue weighted by Gasteiger charge is 2.34. The van der Waals surface area contributed by atoms with Crippen molar-refractivity contribution in [3.8, 4) is 0 Å². The van der Waals surface area contributed by atoms with Crippen LogP contribution in [0, 0.1) is 5.92 Å². The first-order valence-electron chi connectivity index (χ1n) is 8.10. The molecule has 2 atom stereocenters. The van der Waals surface area contributed by atoms with Crippen molar-refractivity contribution in [1.29, 1.82) is 0 Å². The summed E-state index contributed by atoms with van der Waals surface area (Å²) in [5.41, 5.74) is 6.81. The number of hydrogen-bond donors (Lipinski definition) is 3. The number of aryl methyl sites for hydroxylation is 1. The molecule has 3 N–H and O–H groups in total. The SMILES string of the molecule is O=C(NCCCc1nnc2ccccn12)C1CNNC1n1cnnn1. The minimum Gasteiger partial charge on any atom is -0.356 e. The van der Waals surface area contributed by atoms with Crippen molar-refractivity contribution in [1.82, 2.24) is 51.0 Å². The van der Waals surface area contributed by atoms with Crippen LogP contribution in [0.3, 0.4) is 0 Å². The van der Waals surface area contributed by atoms with Crippen LogP contribution in [0.25, 0.3) is 5.65 Å². The number of nitrogens with zero attached hydrogens (tertiary/aromatic N) is 7. The Kier molecular flexibility index (Phi) is 4.31. The van der Waals surface area contributed by atoms with Gasteiger partial charge in [-0.05, 0) is 29.0 Å². The van der Waals surface area contributed by atoms with Crippen molar-refractivity contribution in [2.24, 2.45) is 5.92 Å².